The van der Waals surface area contributed by atoms with Crippen LogP contribution in [0.3, 0.4) is 0 Å². The molecule has 1 saturated heterocycles. The van der Waals surface area contributed by atoms with E-state index < -0.39 is 0 Å². The summed E-state index contributed by atoms with van der Waals surface area (Å²) in [7, 11) is 0. The van der Waals surface area contributed by atoms with E-state index >= 15 is 0 Å². The molecule has 4 heteroatoms. The van der Waals surface area contributed by atoms with Gasteiger partial charge >= 0.3 is 0 Å². The molecule has 0 radical (unpaired) electrons. The van der Waals surface area contributed by atoms with Crippen LogP contribution in [0.15, 0.2) is 48.8 Å². The molecule has 4 nitrogen and oxygen atoms in total. The molecule has 2 aromatic heterocycles. The summed E-state index contributed by atoms with van der Waals surface area (Å²) in [5.41, 5.74) is 4.78. The number of benzene rings is 1. The lowest BCUT2D eigenvalue weighted by atomic mass is 10.1. The first-order chi connectivity index (χ1) is 10.9. The normalized spacial score (nSPS) is 15.2. The van der Waals surface area contributed by atoms with E-state index in [0.717, 1.165) is 16.8 Å². The predicted molar refractivity (Wildman–Crippen MR) is 88.8 cm³/mol. The Morgan fingerprint density at radius 2 is 1.68 bits per heavy atom. The number of hydrogen-bond donors (Lipinski definition) is 0. The number of pyridine rings is 1. The predicted octanol–water partition coefficient (Wildman–Crippen LogP) is 3.68. The van der Waals surface area contributed by atoms with E-state index in [0.29, 0.717) is 5.65 Å². The Labute approximate surface area is 129 Å². The van der Waals surface area contributed by atoms with E-state index in [4.69, 9.17) is 0 Å². The van der Waals surface area contributed by atoms with E-state index in [1.165, 1.54) is 38.0 Å². The molecular formula is C18H18N4. The Morgan fingerprint density at radius 3 is 2.50 bits per heavy atom. The second-order valence-electron chi connectivity index (χ2n) is 5.70. The largest absolute Gasteiger partial charge is 0.372 e. The number of fused-ring (bicyclic) bond motifs is 1. The van der Waals surface area contributed by atoms with Crippen LogP contribution < -0.4 is 4.90 Å². The van der Waals surface area contributed by atoms with Crippen LogP contribution in [0.1, 0.15) is 19.3 Å². The summed E-state index contributed by atoms with van der Waals surface area (Å²) in [4.78, 5) is 15.8. The Bertz CT molecular complexity index is 776. The fourth-order valence-electron chi connectivity index (χ4n) is 2.98. The quantitative estimate of drug-likeness (QED) is 0.722. The smallest absolute Gasteiger partial charge is 0.178 e. The van der Waals surface area contributed by atoms with Crippen molar-refractivity contribution in [3.8, 4) is 11.3 Å². The third kappa shape index (κ3) is 2.52. The maximum atomic E-state index is 4.60. The van der Waals surface area contributed by atoms with Crippen LogP contribution in [0, 0.1) is 0 Å². The highest BCUT2D eigenvalue weighted by Gasteiger charge is 2.11. The summed E-state index contributed by atoms with van der Waals surface area (Å²) in [6.45, 7) is 2.33. The van der Waals surface area contributed by atoms with Crippen molar-refractivity contribution in [2.45, 2.75) is 19.3 Å². The third-order valence-corrected chi connectivity index (χ3v) is 4.20. The number of hydrogen-bond acceptors (Lipinski definition) is 4. The molecule has 1 aromatic carbocycles. The molecule has 0 saturated carbocycles. The molecule has 3 aromatic rings. The standard InChI is InChI=1S/C18H18N4/c1-2-11-22(12-3-1)15-8-6-14(7-9-15)17-13-20-16-5-4-10-19-18(16)21-17/h4-10,13H,1-3,11-12H2. The Balaban J connectivity index is 1.63. The first kappa shape index (κ1) is 13.2. The summed E-state index contributed by atoms with van der Waals surface area (Å²) >= 11 is 0. The highest BCUT2D eigenvalue weighted by molar-refractivity contribution is 5.73. The lowest BCUT2D eigenvalue weighted by Gasteiger charge is -2.28. The van der Waals surface area contributed by atoms with E-state index in [1.54, 1.807) is 6.20 Å². The number of nitrogens with zero attached hydrogens (tertiary/aromatic N) is 4. The Kier molecular flexibility index (Phi) is 3.43. The lowest BCUT2D eigenvalue weighted by molar-refractivity contribution is 0.578. The van der Waals surface area contributed by atoms with Gasteiger partial charge in [-0.3, -0.25) is 4.98 Å². The molecule has 0 bridgehead atoms. The minimum absolute atomic E-state index is 0.695. The van der Waals surface area contributed by atoms with Crippen LogP contribution in [0.2, 0.25) is 0 Å². The topological polar surface area (TPSA) is 41.9 Å². The zero-order valence-corrected chi connectivity index (χ0v) is 12.4. The Hall–Kier alpha value is -2.49. The molecule has 1 fully saturated rings. The van der Waals surface area contributed by atoms with Gasteiger partial charge in [0.1, 0.15) is 5.52 Å². The van der Waals surface area contributed by atoms with Crippen molar-refractivity contribution < 1.29 is 0 Å². The van der Waals surface area contributed by atoms with Gasteiger partial charge in [-0.2, -0.15) is 0 Å². The molecular weight excluding hydrogens is 272 g/mol. The van der Waals surface area contributed by atoms with Crippen LogP contribution in [0.4, 0.5) is 5.69 Å². The average molecular weight is 290 g/mol. The molecule has 0 unspecified atom stereocenters. The van der Waals surface area contributed by atoms with E-state index in [2.05, 4.69) is 44.1 Å². The zero-order valence-electron chi connectivity index (χ0n) is 12.4. The summed E-state index contributed by atoms with van der Waals surface area (Å²) in [6.07, 6.45) is 7.52. The van der Waals surface area contributed by atoms with Gasteiger partial charge in [-0.1, -0.05) is 12.1 Å². The fourth-order valence-corrected chi connectivity index (χ4v) is 2.98. The second kappa shape index (κ2) is 5.72. The van der Waals surface area contributed by atoms with Gasteiger partial charge in [0.05, 0.1) is 11.9 Å². The van der Waals surface area contributed by atoms with Crippen LogP contribution in [-0.2, 0) is 0 Å². The van der Waals surface area contributed by atoms with Gasteiger partial charge in [-0.05, 0) is 43.5 Å². The number of anilines is 1. The molecule has 0 aliphatic carbocycles. The molecule has 1 aliphatic rings. The third-order valence-electron chi connectivity index (χ3n) is 4.20. The van der Waals surface area contributed by atoms with Crippen molar-refractivity contribution >= 4 is 16.9 Å². The lowest BCUT2D eigenvalue weighted by Crippen LogP contribution is -2.29. The molecule has 0 amide bonds. The highest BCUT2D eigenvalue weighted by atomic mass is 15.1. The summed E-state index contributed by atoms with van der Waals surface area (Å²) in [6, 6.07) is 12.4. The first-order valence-corrected chi connectivity index (χ1v) is 7.83. The van der Waals surface area contributed by atoms with Crippen LogP contribution >= 0.6 is 0 Å². The van der Waals surface area contributed by atoms with Gasteiger partial charge < -0.3 is 4.90 Å². The molecule has 0 N–H and O–H groups in total. The molecule has 3 heterocycles. The molecule has 4 rings (SSSR count). The molecule has 110 valence electrons. The molecule has 1 aliphatic heterocycles. The van der Waals surface area contributed by atoms with Gasteiger partial charge in [0.2, 0.25) is 0 Å². The summed E-state index contributed by atoms with van der Waals surface area (Å²) in [5, 5.41) is 0. The van der Waals surface area contributed by atoms with Crippen LogP contribution in [-0.4, -0.2) is 28.0 Å². The van der Waals surface area contributed by atoms with Crippen molar-refractivity contribution in [3.63, 3.8) is 0 Å². The van der Waals surface area contributed by atoms with Crippen molar-refractivity contribution in [2.75, 3.05) is 18.0 Å². The van der Waals surface area contributed by atoms with Gasteiger partial charge in [-0.15, -0.1) is 0 Å². The zero-order chi connectivity index (χ0) is 14.8. The van der Waals surface area contributed by atoms with Gasteiger partial charge in [0.25, 0.3) is 0 Å². The molecule has 0 spiro atoms. The maximum Gasteiger partial charge on any atom is 0.178 e. The second-order valence-corrected chi connectivity index (χ2v) is 5.70. The SMILES string of the molecule is c1cnc2nc(-c3ccc(N4CCCCC4)cc3)cnc2c1. The monoisotopic (exact) mass is 290 g/mol. The minimum atomic E-state index is 0.695. The maximum absolute atomic E-state index is 4.60. The average Bonchev–Trinajstić information content (AvgIpc) is 2.62. The van der Waals surface area contributed by atoms with Crippen LogP contribution in [0.5, 0.6) is 0 Å². The molecule has 0 atom stereocenters. The highest BCUT2D eigenvalue weighted by Crippen LogP contribution is 2.24. The fraction of sp³-hybridized carbons (Fsp3) is 0.278. The summed E-state index contributed by atoms with van der Waals surface area (Å²) < 4.78 is 0. The molecule has 22 heavy (non-hydrogen) atoms. The minimum Gasteiger partial charge on any atom is -0.372 e. The van der Waals surface area contributed by atoms with Crippen molar-refractivity contribution in [1.82, 2.24) is 15.0 Å². The number of aromatic nitrogens is 3. The van der Waals surface area contributed by atoms with Crippen LogP contribution in [0.25, 0.3) is 22.4 Å². The van der Waals surface area contributed by atoms with Gasteiger partial charge in [0, 0.05) is 30.5 Å². The number of piperidine rings is 1. The number of rotatable bonds is 2. The van der Waals surface area contributed by atoms with Crippen molar-refractivity contribution in [3.05, 3.63) is 48.8 Å². The first-order valence-electron chi connectivity index (χ1n) is 7.83. The van der Waals surface area contributed by atoms with Crippen molar-refractivity contribution in [1.29, 1.82) is 0 Å². The van der Waals surface area contributed by atoms with Crippen molar-refractivity contribution in [2.24, 2.45) is 0 Å². The van der Waals surface area contributed by atoms with Gasteiger partial charge in [0.15, 0.2) is 5.65 Å². The van der Waals surface area contributed by atoms with E-state index in [1.807, 2.05) is 18.3 Å². The van der Waals surface area contributed by atoms with E-state index in [-0.39, 0.29) is 0 Å². The van der Waals surface area contributed by atoms with E-state index in [9.17, 15) is 0 Å². The summed E-state index contributed by atoms with van der Waals surface area (Å²) in [5.74, 6) is 0. The Morgan fingerprint density at radius 1 is 0.864 bits per heavy atom. The van der Waals surface area contributed by atoms with Gasteiger partial charge in [-0.25, -0.2) is 9.97 Å².